The summed E-state index contributed by atoms with van der Waals surface area (Å²) >= 11 is 0. The molecule has 0 spiro atoms. The normalized spacial score (nSPS) is 14.5. The Morgan fingerprint density at radius 2 is 1.53 bits per heavy atom. The number of unbranched alkanes of at least 4 members (excludes halogenated alkanes) is 5. The van der Waals surface area contributed by atoms with Crippen molar-refractivity contribution in [2.75, 3.05) is 26.8 Å². The molecule has 1 unspecified atom stereocenters. The Bertz CT molecular complexity index is 176. The zero-order valence-electron chi connectivity index (χ0n) is 13.9. The van der Waals surface area contributed by atoms with Gasteiger partial charge in [-0.15, -0.1) is 0 Å². The van der Waals surface area contributed by atoms with Gasteiger partial charge in [-0.3, -0.25) is 0 Å². The topological polar surface area (TPSA) is 21.3 Å². The fraction of sp³-hybridized carbons (Fsp3) is 1.00. The van der Waals surface area contributed by atoms with Crippen LogP contribution in [0.3, 0.4) is 0 Å². The predicted octanol–water partition coefficient (Wildman–Crippen LogP) is 4.78. The second-order valence-electron chi connectivity index (χ2n) is 5.98. The van der Waals surface area contributed by atoms with Crippen molar-refractivity contribution in [2.45, 2.75) is 78.6 Å². The third-order valence-corrected chi connectivity index (χ3v) is 4.04. The van der Waals surface area contributed by atoms with E-state index in [0.717, 1.165) is 19.7 Å². The molecule has 0 aliphatic rings. The first-order valence-corrected chi connectivity index (χ1v) is 8.44. The first-order chi connectivity index (χ1) is 9.24. The van der Waals surface area contributed by atoms with Gasteiger partial charge >= 0.3 is 0 Å². The minimum Gasteiger partial charge on any atom is -0.384 e. The average molecular weight is 271 g/mol. The lowest BCUT2D eigenvalue weighted by Crippen LogP contribution is -2.38. The van der Waals surface area contributed by atoms with Crippen LogP contribution in [0.4, 0.5) is 0 Å². The van der Waals surface area contributed by atoms with Crippen LogP contribution < -0.4 is 5.32 Å². The smallest absolute Gasteiger partial charge is 0.0530 e. The molecule has 0 rings (SSSR count). The van der Waals surface area contributed by atoms with E-state index in [0.29, 0.717) is 5.41 Å². The standard InChI is InChI=1S/C17H37NO/c1-5-8-9-10-11-12-14-17(13-6-2,16-19-4)15-18-7-3/h18H,5-16H2,1-4H3. The molecule has 0 bridgehead atoms. The monoisotopic (exact) mass is 271 g/mol. The lowest BCUT2D eigenvalue weighted by Gasteiger charge is -2.33. The summed E-state index contributed by atoms with van der Waals surface area (Å²) in [6.45, 7) is 9.84. The van der Waals surface area contributed by atoms with Crippen LogP contribution in [0.5, 0.6) is 0 Å². The SMILES string of the molecule is CCCCCCCCC(CCC)(CNCC)COC. The number of methoxy groups -OCH3 is 1. The quantitative estimate of drug-likeness (QED) is 0.459. The van der Waals surface area contributed by atoms with Crippen molar-refractivity contribution < 1.29 is 4.74 Å². The van der Waals surface area contributed by atoms with Crippen molar-refractivity contribution in [3.63, 3.8) is 0 Å². The van der Waals surface area contributed by atoms with Gasteiger partial charge in [-0.25, -0.2) is 0 Å². The Morgan fingerprint density at radius 1 is 0.842 bits per heavy atom. The molecule has 2 nitrogen and oxygen atoms in total. The molecular weight excluding hydrogens is 234 g/mol. The zero-order valence-corrected chi connectivity index (χ0v) is 13.9. The molecule has 0 aromatic carbocycles. The number of rotatable bonds is 14. The molecule has 1 atom stereocenters. The molecule has 0 aliphatic carbocycles. The number of hydrogen-bond donors (Lipinski definition) is 1. The lowest BCUT2D eigenvalue weighted by atomic mass is 9.79. The van der Waals surface area contributed by atoms with Crippen molar-refractivity contribution in [1.82, 2.24) is 5.32 Å². The molecular formula is C17H37NO. The van der Waals surface area contributed by atoms with Crippen LogP contribution in [0, 0.1) is 5.41 Å². The summed E-state index contributed by atoms with van der Waals surface area (Å²) in [5, 5.41) is 3.54. The van der Waals surface area contributed by atoms with Gasteiger partial charge in [-0.2, -0.15) is 0 Å². The number of ether oxygens (including phenoxy) is 1. The van der Waals surface area contributed by atoms with Gasteiger partial charge in [0.15, 0.2) is 0 Å². The predicted molar refractivity (Wildman–Crippen MR) is 85.8 cm³/mol. The van der Waals surface area contributed by atoms with Crippen molar-refractivity contribution in [1.29, 1.82) is 0 Å². The molecule has 0 aromatic rings. The van der Waals surface area contributed by atoms with E-state index >= 15 is 0 Å². The molecule has 0 fully saturated rings. The summed E-state index contributed by atoms with van der Waals surface area (Å²) in [4.78, 5) is 0. The average Bonchev–Trinajstić information content (AvgIpc) is 2.41. The van der Waals surface area contributed by atoms with Gasteiger partial charge in [0.05, 0.1) is 6.61 Å². The second-order valence-corrected chi connectivity index (χ2v) is 5.98. The van der Waals surface area contributed by atoms with Crippen LogP contribution in [-0.4, -0.2) is 26.8 Å². The van der Waals surface area contributed by atoms with Crippen LogP contribution >= 0.6 is 0 Å². The van der Waals surface area contributed by atoms with E-state index < -0.39 is 0 Å². The fourth-order valence-electron chi connectivity index (χ4n) is 3.00. The number of nitrogens with one attached hydrogen (secondary N) is 1. The first kappa shape index (κ1) is 18.9. The maximum atomic E-state index is 5.51. The molecule has 0 amide bonds. The summed E-state index contributed by atoms with van der Waals surface area (Å²) in [6.07, 6.45) is 12.2. The number of hydrogen-bond acceptors (Lipinski definition) is 2. The Balaban J connectivity index is 4.06. The Morgan fingerprint density at radius 3 is 2.11 bits per heavy atom. The maximum absolute atomic E-state index is 5.51. The summed E-state index contributed by atoms with van der Waals surface area (Å²) < 4.78 is 5.51. The van der Waals surface area contributed by atoms with E-state index in [1.54, 1.807) is 0 Å². The molecule has 0 aromatic heterocycles. The van der Waals surface area contributed by atoms with Gasteiger partial charge in [0.1, 0.15) is 0 Å². The largest absolute Gasteiger partial charge is 0.384 e. The van der Waals surface area contributed by atoms with Crippen LogP contribution in [0.2, 0.25) is 0 Å². The molecule has 116 valence electrons. The van der Waals surface area contributed by atoms with Gasteiger partial charge in [0.2, 0.25) is 0 Å². The molecule has 0 radical (unpaired) electrons. The molecule has 1 N–H and O–H groups in total. The van der Waals surface area contributed by atoms with Gasteiger partial charge < -0.3 is 10.1 Å². The summed E-state index contributed by atoms with van der Waals surface area (Å²) in [5.41, 5.74) is 0.365. The van der Waals surface area contributed by atoms with Crippen LogP contribution in [0.1, 0.15) is 78.6 Å². The van der Waals surface area contributed by atoms with Gasteiger partial charge in [-0.05, 0) is 19.4 Å². The molecule has 2 heteroatoms. The third-order valence-electron chi connectivity index (χ3n) is 4.04. The van der Waals surface area contributed by atoms with Crippen molar-refractivity contribution in [3.05, 3.63) is 0 Å². The molecule has 0 saturated carbocycles. The highest BCUT2D eigenvalue weighted by Gasteiger charge is 2.28. The van der Waals surface area contributed by atoms with E-state index in [2.05, 4.69) is 26.1 Å². The zero-order chi connectivity index (χ0) is 14.4. The van der Waals surface area contributed by atoms with E-state index in [-0.39, 0.29) is 0 Å². The Labute approximate surface area is 121 Å². The lowest BCUT2D eigenvalue weighted by molar-refractivity contribution is 0.0617. The van der Waals surface area contributed by atoms with Crippen LogP contribution in [0.15, 0.2) is 0 Å². The Kier molecular flexibility index (Phi) is 12.9. The van der Waals surface area contributed by atoms with Crippen LogP contribution in [-0.2, 0) is 4.74 Å². The Hall–Kier alpha value is -0.0800. The van der Waals surface area contributed by atoms with E-state index in [1.165, 1.54) is 57.8 Å². The second kappa shape index (κ2) is 12.9. The van der Waals surface area contributed by atoms with E-state index in [9.17, 15) is 0 Å². The first-order valence-electron chi connectivity index (χ1n) is 8.44. The third kappa shape index (κ3) is 9.45. The maximum Gasteiger partial charge on any atom is 0.0530 e. The van der Waals surface area contributed by atoms with Crippen molar-refractivity contribution in [2.24, 2.45) is 5.41 Å². The van der Waals surface area contributed by atoms with Crippen LogP contribution in [0.25, 0.3) is 0 Å². The molecule has 0 saturated heterocycles. The highest BCUT2D eigenvalue weighted by Crippen LogP contribution is 2.30. The van der Waals surface area contributed by atoms with Gasteiger partial charge in [0.25, 0.3) is 0 Å². The molecule has 0 aliphatic heterocycles. The van der Waals surface area contributed by atoms with E-state index in [4.69, 9.17) is 4.74 Å². The van der Waals surface area contributed by atoms with Gasteiger partial charge in [0, 0.05) is 19.1 Å². The summed E-state index contributed by atoms with van der Waals surface area (Å²) in [7, 11) is 1.84. The highest BCUT2D eigenvalue weighted by atomic mass is 16.5. The summed E-state index contributed by atoms with van der Waals surface area (Å²) in [6, 6.07) is 0. The van der Waals surface area contributed by atoms with Crippen molar-refractivity contribution >= 4 is 0 Å². The molecule has 0 heterocycles. The van der Waals surface area contributed by atoms with E-state index in [1.807, 2.05) is 7.11 Å². The minimum atomic E-state index is 0.365. The highest BCUT2D eigenvalue weighted by molar-refractivity contribution is 4.81. The van der Waals surface area contributed by atoms with Crippen molar-refractivity contribution in [3.8, 4) is 0 Å². The molecule has 19 heavy (non-hydrogen) atoms. The fourth-order valence-corrected chi connectivity index (χ4v) is 3.00. The minimum absolute atomic E-state index is 0.365. The summed E-state index contributed by atoms with van der Waals surface area (Å²) in [5.74, 6) is 0. The van der Waals surface area contributed by atoms with Gasteiger partial charge in [-0.1, -0.05) is 65.7 Å².